The Bertz CT molecular complexity index is 646. The van der Waals surface area contributed by atoms with E-state index in [0.717, 1.165) is 5.75 Å². The largest absolute Gasteiger partial charge is 0.480 e. The molecule has 1 aliphatic rings. The molecule has 22 heavy (non-hydrogen) atoms. The second-order valence-corrected chi connectivity index (χ2v) is 6.56. The van der Waals surface area contributed by atoms with Gasteiger partial charge in [0, 0.05) is 17.4 Å². The fourth-order valence-electron chi connectivity index (χ4n) is 2.89. The second-order valence-electron chi connectivity index (χ2n) is 5.26. The van der Waals surface area contributed by atoms with Crippen LogP contribution in [0.4, 0.5) is 0 Å². The summed E-state index contributed by atoms with van der Waals surface area (Å²) in [5, 5.41) is 9.02. The van der Waals surface area contributed by atoms with Crippen molar-refractivity contribution >= 4 is 29.5 Å². The molecule has 0 unspecified atom stereocenters. The fraction of sp³-hybridized carbons (Fsp3) is 0.235. The molecule has 3 nitrogen and oxygen atoms in total. The Kier molecular flexibility index (Phi) is 4.71. The maximum Gasteiger partial charge on any atom is 0.322 e. The van der Waals surface area contributed by atoms with Crippen molar-refractivity contribution in [2.24, 2.45) is 0 Å². The van der Waals surface area contributed by atoms with Crippen LogP contribution < -0.4 is 4.84 Å². The Labute approximate surface area is 138 Å². The SMILES string of the molecule is O=C(O)[C@@H](CSCC1c2ccccc2-c2ccccc21)NCl. The van der Waals surface area contributed by atoms with E-state index in [1.165, 1.54) is 22.3 Å². The summed E-state index contributed by atoms with van der Waals surface area (Å²) in [6, 6.07) is 16.1. The molecule has 0 heterocycles. The standard InChI is InChI=1S/C17H16ClNO2S/c18-19-16(17(20)21)10-22-9-15-13-7-3-1-5-11(13)12-6-2-4-8-14(12)15/h1-8,15-16,19H,9-10H2,(H,20,21)/t16-/m1/s1. The summed E-state index contributed by atoms with van der Waals surface area (Å²) < 4.78 is 0. The molecule has 2 aromatic carbocycles. The molecule has 0 fully saturated rings. The topological polar surface area (TPSA) is 49.3 Å². The summed E-state index contributed by atoms with van der Waals surface area (Å²) in [5.74, 6) is 0.674. The Morgan fingerprint density at radius 3 is 2.18 bits per heavy atom. The zero-order valence-corrected chi connectivity index (χ0v) is 13.4. The van der Waals surface area contributed by atoms with Crippen molar-refractivity contribution in [3.8, 4) is 11.1 Å². The third kappa shape index (κ3) is 2.86. The number of carboxylic acid groups (broad SMARTS) is 1. The molecule has 0 saturated heterocycles. The van der Waals surface area contributed by atoms with Gasteiger partial charge in [0.1, 0.15) is 6.04 Å². The predicted molar refractivity (Wildman–Crippen MR) is 91.5 cm³/mol. The first-order valence-electron chi connectivity index (χ1n) is 7.07. The first kappa shape index (κ1) is 15.4. The molecule has 0 aliphatic heterocycles. The van der Waals surface area contributed by atoms with E-state index in [2.05, 4.69) is 53.4 Å². The van der Waals surface area contributed by atoms with E-state index in [1.807, 2.05) is 0 Å². The molecule has 1 aliphatic carbocycles. The van der Waals surface area contributed by atoms with Gasteiger partial charge in [-0.2, -0.15) is 11.8 Å². The maximum atomic E-state index is 11.0. The van der Waals surface area contributed by atoms with Gasteiger partial charge in [0.05, 0.1) is 0 Å². The van der Waals surface area contributed by atoms with Gasteiger partial charge >= 0.3 is 5.97 Å². The van der Waals surface area contributed by atoms with Gasteiger partial charge in [-0.1, -0.05) is 48.5 Å². The minimum atomic E-state index is -0.922. The molecule has 0 aromatic heterocycles. The lowest BCUT2D eigenvalue weighted by Crippen LogP contribution is -2.33. The Morgan fingerprint density at radius 2 is 1.68 bits per heavy atom. The van der Waals surface area contributed by atoms with E-state index in [4.69, 9.17) is 16.9 Å². The van der Waals surface area contributed by atoms with Crippen molar-refractivity contribution in [1.82, 2.24) is 4.84 Å². The van der Waals surface area contributed by atoms with Gasteiger partial charge in [-0.05, 0) is 34.0 Å². The molecule has 0 radical (unpaired) electrons. The van der Waals surface area contributed by atoms with E-state index < -0.39 is 12.0 Å². The van der Waals surface area contributed by atoms with E-state index in [-0.39, 0.29) is 0 Å². The summed E-state index contributed by atoms with van der Waals surface area (Å²) in [4.78, 5) is 13.3. The van der Waals surface area contributed by atoms with E-state index in [0.29, 0.717) is 11.7 Å². The van der Waals surface area contributed by atoms with Crippen LogP contribution in [0.2, 0.25) is 0 Å². The monoisotopic (exact) mass is 333 g/mol. The Morgan fingerprint density at radius 1 is 1.14 bits per heavy atom. The lowest BCUT2D eigenvalue weighted by atomic mass is 9.99. The number of rotatable bonds is 6. The molecule has 0 amide bonds. The predicted octanol–water partition coefficient (Wildman–Crippen LogP) is 3.73. The van der Waals surface area contributed by atoms with Crippen molar-refractivity contribution in [1.29, 1.82) is 0 Å². The second kappa shape index (κ2) is 6.73. The average Bonchev–Trinajstić information content (AvgIpc) is 2.86. The van der Waals surface area contributed by atoms with Gasteiger partial charge in [0.2, 0.25) is 0 Å². The lowest BCUT2D eigenvalue weighted by Gasteiger charge is -2.15. The molecule has 1 atom stereocenters. The van der Waals surface area contributed by atoms with Crippen molar-refractivity contribution in [2.45, 2.75) is 12.0 Å². The van der Waals surface area contributed by atoms with Crippen LogP contribution in [-0.4, -0.2) is 28.6 Å². The molecule has 5 heteroatoms. The van der Waals surface area contributed by atoms with Gasteiger partial charge < -0.3 is 5.11 Å². The van der Waals surface area contributed by atoms with E-state index >= 15 is 0 Å². The van der Waals surface area contributed by atoms with Crippen molar-refractivity contribution in [3.05, 3.63) is 59.7 Å². The van der Waals surface area contributed by atoms with Crippen molar-refractivity contribution in [2.75, 3.05) is 11.5 Å². The zero-order chi connectivity index (χ0) is 15.5. The summed E-state index contributed by atoms with van der Waals surface area (Å²) in [6.07, 6.45) is 0. The van der Waals surface area contributed by atoms with Crippen LogP contribution in [0.5, 0.6) is 0 Å². The molecule has 0 spiro atoms. The van der Waals surface area contributed by atoms with Gasteiger partial charge in [-0.25, -0.2) is 4.84 Å². The quantitative estimate of drug-likeness (QED) is 0.791. The number of halogens is 1. The Balaban J connectivity index is 1.78. The minimum absolute atomic E-state index is 0.308. The number of fused-ring (bicyclic) bond motifs is 3. The summed E-state index contributed by atoms with van der Waals surface area (Å²) in [7, 11) is 0. The van der Waals surface area contributed by atoms with Gasteiger partial charge in [0.25, 0.3) is 0 Å². The summed E-state index contributed by atoms with van der Waals surface area (Å²) >= 11 is 7.09. The van der Waals surface area contributed by atoms with Crippen LogP contribution in [0.1, 0.15) is 17.0 Å². The van der Waals surface area contributed by atoms with Crippen LogP contribution in [0.15, 0.2) is 48.5 Å². The number of carboxylic acids is 1. The summed E-state index contributed by atoms with van der Waals surface area (Å²) in [5.41, 5.74) is 5.21. The van der Waals surface area contributed by atoms with E-state index in [9.17, 15) is 4.79 Å². The van der Waals surface area contributed by atoms with Crippen LogP contribution in [0, 0.1) is 0 Å². The number of benzene rings is 2. The molecular weight excluding hydrogens is 318 g/mol. The van der Waals surface area contributed by atoms with Crippen LogP contribution in [0.3, 0.4) is 0 Å². The molecule has 2 N–H and O–H groups in total. The number of carbonyl (C=O) groups is 1. The average molecular weight is 334 g/mol. The van der Waals surface area contributed by atoms with Gasteiger partial charge in [-0.3, -0.25) is 4.79 Å². The highest BCUT2D eigenvalue weighted by atomic mass is 35.5. The zero-order valence-electron chi connectivity index (χ0n) is 11.8. The van der Waals surface area contributed by atoms with Crippen LogP contribution in [0.25, 0.3) is 11.1 Å². The molecule has 2 aromatic rings. The number of aliphatic carboxylic acids is 1. The lowest BCUT2D eigenvalue weighted by molar-refractivity contribution is -0.138. The highest BCUT2D eigenvalue weighted by molar-refractivity contribution is 7.99. The molecule has 0 saturated carbocycles. The van der Waals surface area contributed by atoms with Gasteiger partial charge in [-0.15, -0.1) is 0 Å². The van der Waals surface area contributed by atoms with Gasteiger partial charge in [0.15, 0.2) is 0 Å². The normalized spacial score (nSPS) is 14.4. The number of hydrogen-bond donors (Lipinski definition) is 2. The third-order valence-electron chi connectivity index (χ3n) is 3.96. The highest BCUT2D eigenvalue weighted by Crippen LogP contribution is 2.45. The van der Waals surface area contributed by atoms with Crippen LogP contribution >= 0.6 is 23.5 Å². The fourth-order valence-corrected chi connectivity index (χ4v) is 4.35. The van der Waals surface area contributed by atoms with Crippen LogP contribution in [-0.2, 0) is 4.79 Å². The molecule has 3 rings (SSSR count). The Hall–Kier alpha value is -1.49. The first-order chi connectivity index (χ1) is 10.7. The third-order valence-corrected chi connectivity index (χ3v) is 5.36. The molecular formula is C17H16ClNO2S. The molecule has 0 bridgehead atoms. The number of nitrogens with one attached hydrogen (secondary N) is 1. The first-order valence-corrected chi connectivity index (χ1v) is 8.60. The highest BCUT2D eigenvalue weighted by Gasteiger charge is 2.28. The minimum Gasteiger partial charge on any atom is -0.480 e. The van der Waals surface area contributed by atoms with Crippen molar-refractivity contribution < 1.29 is 9.90 Å². The van der Waals surface area contributed by atoms with E-state index in [1.54, 1.807) is 11.8 Å². The number of hydrogen-bond acceptors (Lipinski definition) is 3. The number of thioether (sulfide) groups is 1. The maximum absolute atomic E-state index is 11.0. The van der Waals surface area contributed by atoms with Crippen molar-refractivity contribution in [3.63, 3.8) is 0 Å². The summed E-state index contributed by atoms with van der Waals surface area (Å²) in [6.45, 7) is 0. The molecule has 114 valence electrons. The smallest absolute Gasteiger partial charge is 0.322 e.